The SMILES string of the molecule is CC(NC1CCN(S(=O)(=O)C2CC2)CC1)c1ccc(F)cc1. The fraction of sp³-hybridized carbons (Fsp3) is 0.625. The summed E-state index contributed by atoms with van der Waals surface area (Å²) in [6, 6.07) is 6.97. The standard InChI is InChI=1S/C16H23FN2O2S/c1-12(13-2-4-14(17)5-3-13)18-15-8-10-19(11-9-15)22(20,21)16-6-7-16/h2-5,12,15-16,18H,6-11H2,1H3. The van der Waals surface area contributed by atoms with Gasteiger partial charge in [0.25, 0.3) is 0 Å². The van der Waals surface area contributed by atoms with E-state index in [1.54, 1.807) is 16.4 Å². The van der Waals surface area contributed by atoms with Gasteiger partial charge in [-0.25, -0.2) is 17.1 Å². The second kappa shape index (κ2) is 6.26. The molecule has 0 bridgehead atoms. The Bertz CT molecular complexity index is 606. The van der Waals surface area contributed by atoms with Gasteiger partial charge in [0.15, 0.2) is 0 Å². The van der Waals surface area contributed by atoms with Gasteiger partial charge < -0.3 is 5.32 Å². The van der Waals surface area contributed by atoms with E-state index in [4.69, 9.17) is 0 Å². The van der Waals surface area contributed by atoms with Gasteiger partial charge in [0.05, 0.1) is 5.25 Å². The predicted octanol–water partition coefficient (Wildman–Crippen LogP) is 2.43. The molecule has 1 aromatic rings. The molecule has 1 unspecified atom stereocenters. The van der Waals surface area contributed by atoms with Crippen LogP contribution in [0.25, 0.3) is 0 Å². The molecule has 1 aliphatic heterocycles. The Morgan fingerprint density at radius 1 is 1.14 bits per heavy atom. The van der Waals surface area contributed by atoms with Crippen molar-refractivity contribution in [2.24, 2.45) is 0 Å². The molecule has 3 rings (SSSR count). The lowest BCUT2D eigenvalue weighted by Crippen LogP contribution is -2.46. The number of rotatable bonds is 5. The molecule has 1 atom stereocenters. The third-order valence-corrected chi connectivity index (χ3v) is 7.01. The van der Waals surface area contributed by atoms with E-state index in [-0.39, 0.29) is 17.1 Å². The molecule has 122 valence electrons. The highest BCUT2D eigenvalue weighted by Crippen LogP contribution is 2.32. The molecule has 6 heteroatoms. The smallest absolute Gasteiger partial charge is 0.216 e. The Balaban J connectivity index is 1.52. The molecule has 2 fully saturated rings. The van der Waals surface area contributed by atoms with Gasteiger partial charge in [-0.05, 0) is 50.3 Å². The van der Waals surface area contributed by atoms with Crippen molar-refractivity contribution in [2.45, 2.75) is 49.9 Å². The van der Waals surface area contributed by atoms with Crippen molar-refractivity contribution in [3.63, 3.8) is 0 Å². The van der Waals surface area contributed by atoms with E-state index in [1.165, 1.54) is 12.1 Å². The molecular weight excluding hydrogens is 303 g/mol. The highest BCUT2D eigenvalue weighted by molar-refractivity contribution is 7.90. The Morgan fingerprint density at radius 2 is 1.73 bits per heavy atom. The molecule has 22 heavy (non-hydrogen) atoms. The number of piperidine rings is 1. The number of hydrogen-bond acceptors (Lipinski definition) is 3. The van der Waals surface area contributed by atoms with Crippen LogP contribution in [0.15, 0.2) is 24.3 Å². The van der Waals surface area contributed by atoms with Gasteiger partial charge >= 0.3 is 0 Å². The van der Waals surface area contributed by atoms with Crippen LogP contribution >= 0.6 is 0 Å². The molecule has 0 radical (unpaired) electrons. The van der Waals surface area contributed by atoms with Gasteiger partial charge in [-0.15, -0.1) is 0 Å². The van der Waals surface area contributed by atoms with Crippen LogP contribution in [0.3, 0.4) is 0 Å². The van der Waals surface area contributed by atoms with Crippen LogP contribution in [-0.2, 0) is 10.0 Å². The Kier molecular flexibility index (Phi) is 4.52. The quantitative estimate of drug-likeness (QED) is 0.904. The molecule has 1 heterocycles. The molecule has 1 saturated carbocycles. The first-order valence-electron chi connectivity index (χ1n) is 7.97. The summed E-state index contributed by atoms with van der Waals surface area (Å²) in [5.41, 5.74) is 1.05. The number of hydrogen-bond donors (Lipinski definition) is 1. The lowest BCUT2D eigenvalue weighted by molar-refractivity contribution is 0.277. The van der Waals surface area contributed by atoms with E-state index in [0.717, 1.165) is 31.2 Å². The van der Waals surface area contributed by atoms with Gasteiger partial charge in [-0.2, -0.15) is 0 Å². The van der Waals surface area contributed by atoms with Crippen molar-refractivity contribution in [1.82, 2.24) is 9.62 Å². The molecule has 2 aliphatic rings. The first-order chi connectivity index (χ1) is 10.5. The van der Waals surface area contributed by atoms with E-state index in [2.05, 4.69) is 12.2 Å². The van der Waals surface area contributed by atoms with Crippen molar-refractivity contribution < 1.29 is 12.8 Å². The third kappa shape index (κ3) is 3.50. The first-order valence-corrected chi connectivity index (χ1v) is 9.47. The first kappa shape index (κ1) is 15.9. The van der Waals surface area contributed by atoms with Gasteiger partial charge in [-0.3, -0.25) is 0 Å². The molecule has 1 saturated heterocycles. The Morgan fingerprint density at radius 3 is 2.27 bits per heavy atom. The summed E-state index contributed by atoms with van der Waals surface area (Å²) in [7, 11) is -3.03. The maximum Gasteiger partial charge on any atom is 0.216 e. The highest BCUT2D eigenvalue weighted by Gasteiger charge is 2.41. The van der Waals surface area contributed by atoms with Crippen molar-refractivity contribution in [3.8, 4) is 0 Å². The minimum absolute atomic E-state index is 0.116. The monoisotopic (exact) mass is 326 g/mol. The van der Waals surface area contributed by atoms with E-state index < -0.39 is 10.0 Å². The molecular formula is C16H23FN2O2S. The molecule has 1 aliphatic carbocycles. The lowest BCUT2D eigenvalue weighted by atomic mass is 10.0. The summed E-state index contributed by atoms with van der Waals surface area (Å²) in [6.45, 7) is 3.26. The molecule has 0 amide bonds. The third-order valence-electron chi connectivity index (χ3n) is 4.62. The van der Waals surface area contributed by atoms with Crippen LogP contribution in [-0.4, -0.2) is 37.1 Å². The second-order valence-corrected chi connectivity index (χ2v) is 8.57. The second-order valence-electron chi connectivity index (χ2n) is 6.36. The van der Waals surface area contributed by atoms with Crippen molar-refractivity contribution >= 4 is 10.0 Å². The molecule has 4 nitrogen and oxygen atoms in total. The molecule has 0 aromatic heterocycles. The summed E-state index contributed by atoms with van der Waals surface area (Å²) in [6.07, 6.45) is 3.30. The highest BCUT2D eigenvalue weighted by atomic mass is 32.2. The van der Waals surface area contributed by atoms with Crippen molar-refractivity contribution in [3.05, 3.63) is 35.6 Å². The number of nitrogens with zero attached hydrogens (tertiary/aromatic N) is 1. The maximum atomic E-state index is 13.0. The van der Waals surface area contributed by atoms with Crippen LogP contribution in [0.5, 0.6) is 0 Å². The molecule has 0 spiro atoms. The van der Waals surface area contributed by atoms with E-state index >= 15 is 0 Å². The molecule has 1 aromatic carbocycles. The van der Waals surface area contributed by atoms with Crippen LogP contribution < -0.4 is 5.32 Å². The number of sulfonamides is 1. The van der Waals surface area contributed by atoms with Gasteiger partial charge in [-0.1, -0.05) is 12.1 Å². The van der Waals surface area contributed by atoms with Crippen LogP contribution in [0, 0.1) is 5.82 Å². The van der Waals surface area contributed by atoms with E-state index in [0.29, 0.717) is 19.1 Å². The average molecular weight is 326 g/mol. The summed E-state index contributed by atoms with van der Waals surface area (Å²) < 4.78 is 39.0. The van der Waals surface area contributed by atoms with Gasteiger partial charge in [0, 0.05) is 25.2 Å². The summed E-state index contributed by atoms with van der Waals surface area (Å²) >= 11 is 0. The van der Waals surface area contributed by atoms with Crippen molar-refractivity contribution in [1.29, 1.82) is 0 Å². The van der Waals surface area contributed by atoms with E-state index in [9.17, 15) is 12.8 Å². The minimum atomic E-state index is -3.03. The van der Waals surface area contributed by atoms with Gasteiger partial charge in [0.2, 0.25) is 10.0 Å². The van der Waals surface area contributed by atoms with Crippen LogP contribution in [0.4, 0.5) is 4.39 Å². The largest absolute Gasteiger partial charge is 0.307 e. The average Bonchev–Trinajstić information content (AvgIpc) is 3.33. The predicted molar refractivity (Wildman–Crippen MR) is 84.5 cm³/mol. The number of nitrogens with one attached hydrogen (secondary N) is 1. The fourth-order valence-electron chi connectivity index (χ4n) is 3.05. The topological polar surface area (TPSA) is 49.4 Å². The lowest BCUT2D eigenvalue weighted by Gasteiger charge is -2.33. The minimum Gasteiger partial charge on any atom is -0.307 e. The summed E-state index contributed by atoms with van der Waals surface area (Å²) in [4.78, 5) is 0. The zero-order chi connectivity index (χ0) is 15.7. The zero-order valence-corrected chi connectivity index (χ0v) is 13.7. The van der Waals surface area contributed by atoms with Crippen LogP contribution in [0.2, 0.25) is 0 Å². The Labute approximate surface area is 131 Å². The normalized spacial score (nSPS) is 22.6. The fourth-order valence-corrected chi connectivity index (χ4v) is 4.93. The van der Waals surface area contributed by atoms with Gasteiger partial charge in [0.1, 0.15) is 5.82 Å². The number of halogens is 1. The van der Waals surface area contributed by atoms with E-state index in [1.807, 2.05) is 0 Å². The van der Waals surface area contributed by atoms with Crippen LogP contribution in [0.1, 0.15) is 44.2 Å². The number of benzene rings is 1. The summed E-state index contributed by atoms with van der Waals surface area (Å²) in [5, 5.41) is 3.41. The maximum absolute atomic E-state index is 13.0. The molecule has 1 N–H and O–H groups in total. The summed E-state index contributed by atoms with van der Waals surface area (Å²) in [5.74, 6) is -0.227. The zero-order valence-electron chi connectivity index (χ0n) is 12.8. The van der Waals surface area contributed by atoms with Crippen molar-refractivity contribution in [2.75, 3.05) is 13.1 Å². The Hall–Kier alpha value is -0.980.